The maximum Gasteiger partial charge on any atom is 0.0678 e. The van der Waals surface area contributed by atoms with Crippen LogP contribution in [0.4, 0.5) is 0 Å². The summed E-state index contributed by atoms with van der Waals surface area (Å²) in [5, 5.41) is 0. The number of ether oxygens (including phenoxy) is 1. The minimum atomic E-state index is -0.0714. The first-order chi connectivity index (χ1) is 8.36. The number of hydrazine groups is 1. The Hall–Kier alpha value is -0.120. The van der Waals surface area contributed by atoms with E-state index in [-0.39, 0.29) is 11.2 Å². The maximum atomic E-state index is 6.23. The molecule has 1 aliphatic carbocycles. The molecule has 0 spiro atoms. The van der Waals surface area contributed by atoms with E-state index in [1.807, 2.05) is 0 Å². The first-order valence-corrected chi connectivity index (χ1v) is 7.52. The second kappa shape index (κ2) is 5.10. The number of nitrogens with one attached hydrogen (secondary N) is 1. The first-order valence-electron chi connectivity index (χ1n) is 7.52. The SMILES string of the molecule is CC1(C)CC(C(NN)C2CCCCC2)C(C)(C)O1. The molecule has 1 aliphatic heterocycles. The van der Waals surface area contributed by atoms with Gasteiger partial charge in [0.1, 0.15) is 0 Å². The van der Waals surface area contributed by atoms with E-state index in [0.29, 0.717) is 12.0 Å². The predicted octanol–water partition coefficient (Wildman–Crippen LogP) is 2.99. The van der Waals surface area contributed by atoms with Gasteiger partial charge >= 0.3 is 0 Å². The van der Waals surface area contributed by atoms with Crippen LogP contribution in [0.3, 0.4) is 0 Å². The fourth-order valence-electron chi connectivity index (χ4n) is 4.24. The molecule has 3 N–H and O–H groups in total. The highest BCUT2D eigenvalue weighted by Gasteiger charge is 2.50. The lowest BCUT2D eigenvalue weighted by atomic mass is 9.72. The number of rotatable bonds is 3. The lowest BCUT2D eigenvalue weighted by Gasteiger charge is -2.38. The van der Waals surface area contributed by atoms with Crippen molar-refractivity contribution < 1.29 is 4.74 Å². The van der Waals surface area contributed by atoms with Gasteiger partial charge in [-0.25, -0.2) is 0 Å². The number of hydrogen-bond acceptors (Lipinski definition) is 3. The monoisotopic (exact) mass is 254 g/mol. The van der Waals surface area contributed by atoms with Crippen LogP contribution >= 0.6 is 0 Å². The van der Waals surface area contributed by atoms with Gasteiger partial charge in [0.05, 0.1) is 11.2 Å². The highest BCUT2D eigenvalue weighted by Crippen LogP contribution is 2.46. The molecule has 2 rings (SSSR count). The summed E-state index contributed by atoms with van der Waals surface area (Å²) in [4.78, 5) is 0. The second-order valence-corrected chi connectivity index (χ2v) is 7.37. The van der Waals surface area contributed by atoms with Crippen molar-refractivity contribution in [1.82, 2.24) is 5.43 Å². The minimum Gasteiger partial charge on any atom is -0.369 e. The van der Waals surface area contributed by atoms with Crippen LogP contribution in [-0.2, 0) is 4.74 Å². The summed E-state index contributed by atoms with van der Waals surface area (Å²) in [7, 11) is 0. The molecular weight excluding hydrogens is 224 g/mol. The third-order valence-electron chi connectivity index (χ3n) is 4.93. The lowest BCUT2D eigenvalue weighted by Crippen LogP contribution is -2.51. The highest BCUT2D eigenvalue weighted by atomic mass is 16.5. The van der Waals surface area contributed by atoms with Gasteiger partial charge in [-0.2, -0.15) is 0 Å². The molecular formula is C15H30N2O. The van der Waals surface area contributed by atoms with Crippen molar-refractivity contribution in [2.24, 2.45) is 17.7 Å². The second-order valence-electron chi connectivity index (χ2n) is 7.37. The van der Waals surface area contributed by atoms with Crippen LogP contribution in [0, 0.1) is 11.8 Å². The van der Waals surface area contributed by atoms with E-state index >= 15 is 0 Å². The van der Waals surface area contributed by atoms with E-state index < -0.39 is 0 Å². The summed E-state index contributed by atoms with van der Waals surface area (Å²) in [6.45, 7) is 8.84. The van der Waals surface area contributed by atoms with Crippen LogP contribution in [0.2, 0.25) is 0 Å². The largest absolute Gasteiger partial charge is 0.369 e. The van der Waals surface area contributed by atoms with Gasteiger partial charge < -0.3 is 4.74 Å². The molecule has 0 amide bonds. The summed E-state index contributed by atoms with van der Waals surface area (Å²) < 4.78 is 6.23. The van der Waals surface area contributed by atoms with Crippen LogP contribution in [0.1, 0.15) is 66.2 Å². The molecule has 2 aliphatic rings. The van der Waals surface area contributed by atoms with Crippen molar-refractivity contribution >= 4 is 0 Å². The quantitative estimate of drug-likeness (QED) is 0.601. The van der Waals surface area contributed by atoms with E-state index in [1.54, 1.807) is 0 Å². The zero-order valence-electron chi connectivity index (χ0n) is 12.5. The Morgan fingerprint density at radius 1 is 1.11 bits per heavy atom. The molecule has 0 aromatic carbocycles. The molecule has 2 unspecified atom stereocenters. The molecule has 0 radical (unpaired) electrons. The fraction of sp³-hybridized carbons (Fsp3) is 1.00. The van der Waals surface area contributed by atoms with Crippen LogP contribution in [-0.4, -0.2) is 17.2 Å². The molecule has 0 aromatic heterocycles. The average Bonchev–Trinajstić information content (AvgIpc) is 2.50. The van der Waals surface area contributed by atoms with Crippen molar-refractivity contribution in [3.63, 3.8) is 0 Å². The van der Waals surface area contributed by atoms with Crippen LogP contribution < -0.4 is 11.3 Å². The number of hydrogen-bond donors (Lipinski definition) is 2. The summed E-state index contributed by atoms with van der Waals surface area (Å²) >= 11 is 0. The van der Waals surface area contributed by atoms with Gasteiger partial charge in [0.15, 0.2) is 0 Å². The van der Waals surface area contributed by atoms with E-state index in [4.69, 9.17) is 10.6 Å². The molecule has 0 bridgehead atoms. The van der Waals surface area contributed by atoms with Gasteiger partial charge in [-0.15, -0.1) is 0 Å². The van der Waals surface area contributed by atoms with Gasteiger partial charge in [-0.1, -0.05) is 19.3 Å². The predicted molar refractivity (Wildman–Crippen MR) is 75.0 cm³/mol. The summed E-state index contributed by atoms with van der Waals surface area (Å²) in [5.74, 6) is 7.13. The van der Waals surface area contributed by atoms with Gasteiger partial charge in [-0.3, -0.25) is 11.3 Å². The Bertz CT molecular complexity index is 282. The topological polar surface area (TPSA) is 47.3 Å². The minimum absolute atomic E-state index is 0.0159. The van der Waals surface area contributed by atoms with Crippen LogP contribution in [0.15, 0.2) is 0 Å². The molecule has 3 nitrogen and oxygen atoms in total. The van der Waals surface area contributed by atoms with Crippen LogP contribution in [0.25, 0.3) is 0 Å². The Morgan fingerprint density at radius 3 is 2.17 bits per heavy atom. The first kappa shape index (κ1) is 14.3. The van der Waals surface area contributed by atoms with E-state index in [2.05, 4.69) is 33.1 Å². The molecule has 106 valence electrons. The lowest BCUT2D eigenvalue weighted by molar-refractivity contribution is -0.0802. The van der Waals surface area contributed by atoms with Gasteiger partial charge in [0.2, 0.25) is 0 Å². The summed E-state index contributed by atoms with van der Waals surface area (Å²) in [5.41, 5.74) is 3.04. The van der Waals surface area contributed by atoms with Crippen molar-refractivity contribution in [3.05, 3.63) is 0 Å². The normalized spacial score (nSPS) is 33.5. The average molecular weight is 254 g/mol. The van der Waals surface area contributed by atoms with Crippen molar-refractivity contribution in [3.8, 4) is 0 Å². The fourth-order valence-corrected chi connectivity index (χ4v) is 4.24. The Balaban J connectivity index is 2.11. The smallest absolute Gasteiger partial charge is 0.0678 e. The standard InChI is InChI=1S/C15H30N2O/c1-14(2)10-12(15(3,4)18-14)13(17-16)11-8-6-5-7-9-11/h11-13,17H,5-10,16H2,1-4H3. The molecule has 2 fully saturated rings. The Kier molecular flexibility index (Phi) is 4.05. The van der Waals surface area contributed by atoms with Gasteiger partial charge in [-0.05, 0) is 52.9 Å². The molecule has 1 saturated heterocycles. The van der Waals surface area contributed by atoms with Gasteiger partial charge in [0, 0.05) is 12.0 Å². The van der Waals surface area contributed by atoms with E-state index in [0.717, 1.165) is 12.3 Å². The van der Waals surface area contributed by atoms with E-state index in [9.17, 15) is 0 Å². The van der Waals surface area contributed by atoms with Crippen molar-refractivity contribution in [2.75, 3.05) is 0 Å². The zero-order chi connectivity index (χ0) is 13.4. The molecule has 3 heteroatoms. The van der Waals surface area contributed by atoms with E-state index in [1.165, 1.54) is 32.1 Å². The third kappa shape index (κ3) is 2.89. The highest BCUT2D eigenvalue weighted by molar-refractivity contribution is 5.01. The van der Waals surface area contributed by atoms with Crippen molar-refractivity contribution in [2.45, 2.75) is 83.5 Å². The molecule has 18 heavy (non-hydrogen) atoms. The third-order valence-corrected chi connectivity index (χ3v) is 4.93. The Labute approximate surface area is 112 Å². The summed E-state index contributed by atoms with van der Waals surface area (Å²) in [6.07, 6.45) is 7.86. The summed E-state index contributed by atoms with van der Waals surface area (Å²) in [6, 6.07) is 0.405. The molecule has 2 atom stereocenters. The van der Waals surface area contributed by atoms with Gasteiger partial charge in [0.25, 0.3) is 0 Å². The maximum absolute atomic E-state index is 6.23. The zero-order valence-corrected chi connectivity index (χ0v) is 12.5. The van der Waals surface area contributed by atoms with Crippen LogP contribution in [0.5, 0.6) is 0 Å². The molecule has 1 saturated carbocycles. The van der Waals surface area contributed by atoms with Crippen molar-refractivity contribution in [1.29, 1.82) is 0 Å². The molecule has 0 aromatic rings. The molecule has 1 heterocycles. The Morgan fingerprint density at radius 2 is 1.72 bits per heavy atom. The number of nitrogens with two attached hydrogens (primary N) is 1.